The maximum Gasteiger partial charge on any atom is 0.332 e. The lowest BCUT2D eigenvalue weighted by molar-refractivity contribution is -0.151. The van der Waals surface area contributed by atoms with Crippen LogP contribution < -0.4 is 0 Å². The van der Waals surface area contributed by atoms with Crippen LogP contribution in [0.5, 0.6) is 0 Å². The Morgan fingerprint density at radius 3 is 2.71 bits per heavy atom. The normalized spacial score (nSPS) is 17.2. The minimum Gasteiger partial charge on any atom is -0.464 e. The number of ether oxygens (including phenoxy) is 2. The Kier molecular flexibility index (Phi) is 5.60. The molecule has 0 unspecified atom stereocenters. The minimum absolute atomic E-state index is 0.133. The van der Waals surface area contributed by atoms with Crippen molar-refractivity contribution in [1.82, 2.24) is 0 Å². The number of hydrogen-bond acceptors (Lipinski definition) is 3. The van der Waals surface area contributed by atoms with Crippen LogP contribution in [0, 0.1) is 0 Å². The Hall–Kier alpha value is -0.570. The van der Waals surface area contributed by atoms with E-state index in [1.54, 1.807) is 0 Å². The van der Waals surface area contributed by atoms with Gasteiger partial charge in [-0.05, 0) is 19.3 Å². The number of rotatable bonds is 6. The van der Waals surface area contributed by atoms with Crippen molar-refractivity contribution in [2.45, 2.75) is 51.6 Å². The third kappa shape index (κ3) is 4.61. The summed E-state index contributed by atoms with van der Waals surface area (Å²) in [6, 6.07) is 0. The molecule has 3 nitrogen and oxygen atoms in total. The fraction of sp³-hybridized carbons (Fsp3) is 0.909. The van der Waals surface area contributed by atoms with Crippen LogP contribution in [0.25, 0.3) is 0 Å². The second kappa shape index (κ2) is 6.82. The van der Waals surface area contributed by atoms with Gasteiger partial charge in [0.2, 0.25) is 0 Å². The highest BCUT2D eigenvalue weighted by atomic mass is 16.6. The molecule has 0 aromatic rings. The second-order valence-corrected chi connectivity index (χ2v) is 3.79. The highest BCUT2D eigenvalue weighted by Crippen LogP contribution is 2.20. The van der Waals surface area contributed by atoms with Gasteiger partial charge in [-0.25, -0.2) is 4.79 Å². The van der Waals surface area contributed by atoms with Gasteiger partial charge < -0.3 is 9.47 Å². The number of unbranched alkanes of at least 4 members (excludes halogenated alkanes) is 1. The first-order valence-electron chi connectivity index (χ1n) is 5.60. The predicted molar refractivity (Wildman–Crippen MR) is 54.1 cm³/mol. The molecule has 0 aromatic carbocycles. The molecule has 1 rings (SSSR count). The summed E-state index contributed by atoms with van der Waals surface area (Å²) in [7, 11) is 0. The summed E-state index contributed by atoms with van der Waals surface area (Å²) in [4.78, 5) is 11.1. The van der Waals surface area contributed by atoms with Gasteiger partial charge >= 0.3 is 5.97 Å². The fourth-order valence-corrected chi connectivity index (χ4v) is 1.61. The second-order valence-electron chi connectivity index (χ2n) is 3.79. The quantitative estimate of drug-likeness (QED) is 0.487. The van der Waals surface area contributed by atoms with Gasteiger partial charge in [-0.1, -0.05) is 26.2 Å². The number of carbonyl (C=O) groups is 1. The first-order chi connectivity index (χ1) is 6.83. The van der Waals surface area contributed by atoms with E-state index in [0.717, 1.165) is 25.7 Å². The zero-order chi connectivity index (χ0) is 10.2. The summed E-state index contributed by atoms with van der Waals surface area (Å²) in [5, 5.41) is 0. The summed E-state index contributed by atoms with van der Waals surface area (Å²) < 4.78 is 10.4. The Morgan fingerprint density at radius 2 is 2.07 bits per heavy atom. The van der Waals surface area contributed by atoms with Crippen LogP contribution in [0.2, 0.25) is 0 Å². The van der Waals surface area contributed by atoms with Gasteiger partial charge in [0.1, 0.15) is 6.61 Å². The Balaban J connectivity index is 1.96. The lowest BCUT2D eigenvalue weighted by atomic mass is 10.3. The molecule has 0 atom stereocenters. The standard InChI is InChI=1S/C11H20O3/c1-2-3-8-13-11(12)9-14-10-6-4-5-7-10/h10H,2-9H2,1H3. The van der Waals surface area contributed by atoms with Crippen molar-refractivity contribution in [3.05, 3.63) is 0 Å². The highest BCUT2D eigenvalue weighted by molar-refractivity contribution is 5.70. The van der Waals surface area contributed by atoms with E-state index >= 15 is 0 Å². The zero-order valence-electron chi connectivity index (χ0n) is 8.96. The van der Waals surface area contributed by atoms with E-state index in [9.17, 15) is 4.79 Å². The van der Waals surface area contributed by atoms with Crippen molar-refractivity contribution in [2.75, 3.05) is 13.2 Å². The van der Waals surface area contributed by atoms with Crippen molar-refractivity contribution in [3.8, 4) is 0 Å². The maximum atomic E-state index is 11.1. The molecular formula is C11H20O3. The van der Waals surface area contributed by atoms with Crippen LogP contribution in [-0.2, 0) is 14.3 Å². The molecule has 1 aliphatic rings. The molecule has 82 valence electrons. The van der Waals surface area contributed by atoms with E-state index in [1.807, 2.05) is 0 Å². The molecule has 0 radical (unpaired) electrons. The molecule has 0 N–H and O–H groups in total. The SMILES string of the molecule is CCCCOC(=O)COC1CCCC1. The van der Waals surface area contributed by atoms with Gasteiger partial charge in [0, 0.05) is 0 Å². The molecular weight excluding hydrogens is 180 g/mol. The molecule has 0 heterocycles. The third-order valence-electron chi connectivity index (χ3n) is 2.50. The molecule has 14 heavy (non-hydrogen) atoms. The van der Waals surface area contributed by atoms with E-state index in [1.165, 1.54) is 12.8 Å². The Bertz CT molecular complexity index is 162. The predicted octanol–water partition coefficient (Wildman–Crippen LogP) is 2.29. The topological polar surface area (TPSA) is 35.5 Å². The van der Waals surface area contributed by atoms with Crippen molar-refractivity contribution in [3.63, 3.8) is 0 Å². The molecule has 1 aliphatic carbocycles. The number of carbonyl (C=O) groups excluding carboxylic acids is 1. The highest BCUT2D eigenvalue weighted by Gasteiger charge is 2.16. The number of hydrogen-bond donors (Lipinski definition) is 0. The van der Waals surface area contributed by atoms with Crippen molar-refractivity contribution in [2.24, 2.45) is 0 Å². The van der Waals surface area contributed by atoms with E-state index < -0.39 is 0 Å². The first kappa shape index (κ1) is 11.5. The van der Waals surface area contributed by atoms with Gasteiger partial charge in [0.25, 0.3) is 0 Å². The van der Waals surface area contributed by atoms with Crippen LogP contribution in [0.4, 0.5) is 0 Å². The van der Waals surface area contributed by atoms with Crippen LogP contribution in [-0.4, -0.2) is 25.3 Å². The fourth-order valence-electron chi connectivity index (χ4n) is 1.61. The van der Waals surface area contributed by atoms with Crippen molar-refractivity contribution < 1.29 is 14.3 Å². The Labute approximate surface area is 85.8 Å². The molecule has 0 saturated heterocycles. The lowest BCUT2D eigenvalue weighted by Crippen LogP contribution is -2.18. The van der Waals surface area contributed by atoms with Crippen LogP contribution in [0.3, 0.4) is 0 Å². The van der Waals surface area contributed by atoms with Gasteiger partial charge in [-0.2, -0.15) is 0 Å². The molecule has 0 aliphatic heterocycles. The molecule has 0 bridgehead atoms. The summed E-state index contributed by atoms with van der Waals surface area (Å²) in [5.74, 6) is -0.217. The molecule has 0 aromatic heterocycles. The van der Waals surface area contributed by atoms with E-state index in [2.05, 4.69) is 6.92 Å². The average molecular weight is 200 g/mol. The van der Waals surface area contributed by atoms with Gasteiger partial charge in [-0.3, -0.25) is 0 Å². The molecule has 0 amide bonds. The molecule has 1 fully saturated rings. The maximum absolute atomic E-state index is 11.1. The van der Waals surface area contributed by atoms with E-state index in [-0.39, 0.29) is 12.6 Å². The molecule has 1 saturated carbocycles. The van der Waals surface area contributed by atoms with Gasteiger partial charge in [-0.15, -0.1) is 0 Å². The van der Waals surface area contributed by atoms with Crippen LogP contribution >= 0.6 is 0 Å². The minimum atomic E-state index is -0.217. The number of esters is 1. The average Bonchev–Trinajstić information content (AvgIpc) is 2.68. The van der Waals surface area contributed by atoms with Crippen LogP contribution in [0.15, 0.2) is 0 Å². The van der Waals surface area contributed by atoms with Crippen LogP contribution in [0.1, 0.15) is 45.4 Å². The van der Waals surface area contributed by atoms with Gasteiger partial charge in [0.05, 0.1) is 12.7 Å². The van der Waals surface area contributed by atoms with Gasteiger partial charge in [0.15, 0.2) is 0 Å². The third-order valence-corrected chi connectivity index (χ3v) is 2.50. The summed E-state index contributed by atoms with van der Waals surface area (Å²) in [5.41, 5.74) is 0. The largest absolute Gasteiger partial charge is 0.464 e. The summed E-state index contributed by atoms with van der Waals surface area (Å²) in [6.45, 7) is 2.74. The monoisotopic (exact) mass is 200 g/mol. The summed E-state index contributed by atoms with van der Waals surface area (Å²) >= 11 is 0. The van der Waals surface area contributed by atoms with E-state index in [0.29, 0.717) is 12.7 Å². The summed E-state index contributed by atoms with van der Waals surface area (Å²) in [6.07, 6.45) is 6.95. The molecule has 0 spiro atoms. The smallest absolute Gasteiger partial charge is 0.332 e. The Morgan fingerprint density at radius 1 is 1.36 bits per heavy atom. The molecule has 3 heteroatoms. The zero-order valence-corrected chi connectivity index (χ0v) is 8.96. The van der Waals surface area contributed by atoms with Crippen molar-refractivity contribution >= 4 is 5.97 Å². The lowest BCUT2D eigenvalue weighted by Gasteiger charge is -2.10. The van der Waals surface area contributed by atoms with Crippen molar-refractivity contribution in [1.29, 1.82) is 0 Å². The first-order valence-corrected chi connectivity index (χ1v) is 5.60. The van der Waals surface area contributed by atoms with E-state index in [4.69, 9.17) is 9.47 Å².